The zero-order chi connectivity index (χ0) is 17.8. The number of ether oxygens (including phenoxy) is 1. The van der Waals surface area contributed by atoms with Crippen molar-refractivity contribution in [3.05, 3.63) is 29.3 Å². The zero-order valence-corrected chi connectivity index (χ0v) is 16.0. The zero-order valence-electron chi connectivity index (χ0n) is 16.0. The quantitative estimate of drug-likeness (QED) is 0.834. The minimum absolute atomic E-state index is 0.148. The Morgan fingerprint density at radius 3 is 2.80 bits per heavy atom. The fourth-order valence-corrected chi connectivity index (χ4v) is 4.14. The van der Waals surface area contributed by atoms with E-state index in [4.69, 9.17) is 4.74 Å². The van der Waals surface area contributed by atoms with Gasteiger partial charge >= 0.3 is 0 Å². The Hall–Kier alpha value is -1.55. The van der Waals surface area contributed by atoms with Crippen LogP contribution in [0.25, 0.3) is 0 Å². The molecule has 1 aromatic carbocycles. The molecular weight excluding hydrogens is 312 g/mol. The summed E-state index contributed by atoms with van der Waals surface area (Å²) in [6.45, 7) is 6.76. The first kappa shape index (κ1) is 18.2. The van der Waals surface area contributed by atoms with E-state index in [9.17, 15) is 4.79 Å². The number of amides is 1. The normalized spacial score (nSPS) is 22.0. The van der Waals surface area contributed by atoms with Crippen molar-refractivity contribution in [1.29, 1.82) is 0 Å². The van der Waals surface area contributed by atoms with Gasteiger partial charge in [0.15, 0.2) is 0 Å². The highest BCUT2D eigenvalue weighted by atomic mass is 16.5. The molecule has 1 aromatic rings. The number of fused-ring (bicyclic) bond motifs is 1. The average Bonchev–Trinajstić information content (AvgIpc) is 2.77. The van der Waals surface area contributed by atoms with Gasteiger partial charge in [-0.15, -0.1) is 0 Å². The van der Waals surface area contributed by atoms with E-state index < -0.39 is 0 Å². The minimum Gasteiger partial charge on any atom is -0.489 e. The SMILES string of the molecule is Cc1ccc2c(c1)CN(CCC(=O)N(C)C1CCCCC1)CC(C)O2. The van der Waals surface area contributed by atoms with Gasteiger partial charge in [0.25, 0.3) is 0 Å². The van der Waals surface area contributed by atoms with Crippen LogP contribution in [0.4, 0.5) is 0 Å². The molecule has 1 heterocycles. The highest BCUT2D eigenvalue weighted by Crippen LogP contribution is 2.26. The lowest BCUT2D eigenvalue weighted by Gasteiger charge is -2.32. The lowest BCUT2D eigenvalue weighted by Crippen LogP contribution is -2.40. The summed E-state index contributed by atoms with van der Waals surface area (Å²) in [7, 11) is 1.99. The monoisotopic (exact) mass is 344 g/mol. The van der Waals surface area contributed by atoms with Gasteiger partial charge in [-0.05, 0) is 32.8 Å². The van der Waals surface area contributed by atoms with Gasteiger partial charge in [0.1, 0.15) is 11.9 Å². The smallest absolute Gasteiger partial charge is 0.223 e. The summed E-state index contributed by atoms with van der Waals surface area (Å²) >= 11 is 0. The average molecular weight is 344 g/mol. The molecule has 1 aliphatic heterocycles. The fraction of sp³-hybridized carbons (Fsp3) is 0.667. The number of benzene rings is 1. The molecule has 1 fully saturated rings. The number of aryl methyl sites for hydroxylation is 1. The van der Waals surface area contributed by atoms with Crippen LogP contribution in [0.1, 0.15) is 56.6 Å². The van der Waals surface area contributed by atoms with Gasteiger partial charge in [-0.3, -0.25) is 9.69 Å². The van der Waals surface area contributed by atoms with Gasteiger partial charge < -0.3 is 9.64 Å². The third-order valence-electron chi connectivity index (χ3n) is 5.61. The van der Waals surface area contributed by atoms with Crippen LogP contribution in [0.2, 0.25) is 0 Å². The molecular formula is C21H32N2O2. The fourth-order valence-electron chi connectivity index (χ4n) is 4.14. The van der Waals surface area contributed by atoms with E-state index in [0.717, 1.165) is 25.4 Å². The molecule has 1 amide bonds. The summed E-state index contributed by atoms with van der Waals surface area (Å²) in [5.74, 6) is 1.28. The molecule has 1 aliphatic carbocycles. The third-order valence-corrected chi connectivity index (χ3v) is 5.61. The van der Waals surface area contributed by atoms with Gasteiger partial charge in [0.05, 0.1) is 0 Å². The molecule has 0 N–H and O–H groups in total. The second-order valence-electron chi connectivity index (χ2n) is 7.82. The molecule has 0 radical (unpaired) electrons. The first-order valence-electron chi connectivity index (χ1n) is 9.77. The van der Waals surface area contributed by atoms with Crippen LogP contribution in [-0.2, 0) is 11.3 Å². The first-order valence-corrected chi connectivity index (χ1v) is 9.77. The van der Waals surface area contributed by atoms with Crippen molar-refractivity contribution >= 4 is 5.91 Å². The van der Waals surface area contributed by atoms with Gasteiger partial charge in [0, 0.05) is 44.7 Å². The van der Waals surface area contributed by atoms with Gasteiger partial charge in [0.2, 0.25) is 5.91 Å². The van der Waals surface area contributed by atoms with E-state index in [1.54, 1.807) is 0 Å². The van der Waals surface area contributed by atoms with E-state index in [1.165, 1.54) is 43.2 Å². The summed E-state index contributed by atoms with van der Waals surface area (Å²) in [4.78, 5) is 17.0. The minimum atomic E-state index is 0.148. The van der Waals surface area contributed by atoms with Gasteiger partial charge in [-0.25, -0.2) is 0 Å². The van der Waals surface area contributed by atoms with Crippen molar-refractivity contribution < 1.29 is 9.53 Å². The van der Waals surface area contributed by atoms with E-state index >= 15 is 0 Å². The van der Waals surface area contributed by atoms with Crippen molar-refractivity contribution in [3.8, 4) is 5.75 Å². The van der Waals surface area contributed by atoms with Crippen molar-refractivity contribution in [2.24, 2.45) is 0 Å². The molecule has 1 atom stereocenters. The summed E-state index contributed by atoms with van der Waals surface area (Å²) < 4.78 is 6.05. The maximum Gasteiger partial charge on any atom is 0.223 e. The lowest BCUT2D eigenvalue weighted by molar-refractivity contribution is -0.133. The van der Waals surface area contributed by atoms with Crippen LogP contribution in [0.15, 0.2) is 18.2 Å². The predicted octanol–water partition coefficient (Wildman–Crippen LogP) is 3.76. The first-order chi connectivity index (χ1) is 12.0. The number of carbonyl (C=O) groups is 1. The topological polar surface area (TPSA) is 32.8 Å². The Labute approximate surface area is 152 Å². The lowest BCUT2D eigenvalue weighted by atomic mass is 9.94. The molecule has 25 heavy (non-hydrogen) atoms. The Balaban J connectivity index is 1.57. The molecule has 2 aliphatic rings. The Morgan fingerprint density at radius 1 is 1.28 bits per heavy atom. The predicted molar refractivity (Wildman–Crippen MR) is 101 cm³/mol. The van der Waals surface area contributed by atoms with Crippen LogP contribution in [0.3, 0.4) is 0 Å². The Morgan fingerprint density at radius 2 is 2.04 bits per heavy atom. The maximum atomic E-state index is 12.6. The van der Waals surface area contributed by atoms with Crippen molar-refractivity contribution in [3.63, 3.8) is 0 Å². The second-order valence-corrected chi connectivity index (χ2v) is 7.82. The second kappa shape index (κ2) is 8.22. The van der Waals surface area contributed by atoms with E-state index in [-0.39, 0.29) is 12.0 Å². The summed E-state index contributed by atoms with van der Waals surface area (Å²) in [5, 5.41) is 0. The highest BCUT2D eigenvalue weighted by Gasteiger charge is 2.24. The van der Waals surface area contributed by atoms with Crippen LogP contribution < -0.4 is 4.74 Å². The van der Waals surface area contributed by atoms with Gasteiger partial charge in [-0.2, -0.15) is 0 Å². The van der Waals surface area contributed by atoms with E-state index in [2.05, 4.69) is 36.9 Å². The standard InChI is InChI=1S/C21H32N2O2/c1-16-9-10-20-18(13-16)15-23(14-17(2)25-20)12-11-21(24)22(3)19-7-5-4-6-8-19/h9-10,13,17,19H,4-8,11-12,14-15H2,1-3H3. The van der Waals surface area contributed by atoms with Gasteiger partial charge in [-0.1, -0.05) is 37.0 Å². The van der Waals surface area contributed by atoms with Crippen molar-refractivity contribution in [2.75, 3.05) is 20.1 Å². The van der Waals surface area contributed by atoms with Crippen molar-refractivity contribution in [1.82, 2.24) is 9.80 Å². The molecule has 0 saturated heterocycles. The van der Waals surface area contributed by atoms with E-state index in [1.807, 2.05) is 11.9 Å². The van der Waals surface area contributed by atoms with Crippen LogP contribution in [0.5, 0.6) is 5.75 Å². The number of hydrogen-bond acceptors (Lipinski definition) is 3. The van der Waals surface area contributed by atoms with Crippen molar-refractivity contribution in [2.45, 2.75) is 71.1 Å². The summed E-state index contributed by atoms with van der Waals surface area (Å²) in [6, 6.07) is 6.84. The summed E-state index contributed by atoms with van der Waals surface area (Å²) in [6.07, 6.45) is 6.94. The number of carbonyl (C=O) groups excluding carboxylic acids is 1. The third kappa shape index (κ3) is 4.75. The molecule has 138 valence electrons. The molecule has 0 bridgehead atoms. The largest absolute Gasteiger partial charge is 0.489 e. The number of rotatable bonds is 4. The maximum absolute atomic E-state index is 12.6. The Bertz CT molecular complexity index is 596. The molecule has 0 aromatic heterocycles. The highest BCUT2D eigenvalue weighted by molar-refractivity contribution is 5.76. The van der Waals surface area contributed by atoms with E-state index in [0.29, 0.717) is 12.5 Å². The molecule has 4 nitrogen and oxygen atoms in total. The van der Waals surface area contributed by atoms with Crippen LogP contribution in [0, 0.1) is 6.92 Å². The Kier molecular flexibility index (Phi) is 6.00. The molecule has 1 unspecified atom stereocenters. The molecule has 1 saturated carbocycles. The van der Waals surface area contributed by atoms with Crippen LogP contribution >= 0.6 is 0 Å². The summed E-state index contributed by atoms with van der Waals surface area (Å²) in [5.41, 5.74) is 2.49. The molecule has 3 rings (SSSR count). The number of nitrogens with zero attached hydrogens (tertiary/aromatic N) is 2. The molecule has 0 spiro atoms. The molecule has 4 heteroatoms. The number of hydrogen-bond donors (Lipinski definition) is 0. The van der Waals surface area contributed by atoms with Crippen LogP contribution in [-0.4, -0.2) is 48.0 Å².